The van der Waals surface area contributed by atoms with Crippen LogP contribution in [0.2, 0.25) is 0 Å². The van der Waals surface area contributed by atoms with E-state index < -0.39 is 11.6 Å². The number of carbonyl (C=O) groups excluding carboxylic acids is 1. The van der Waals surface area contributed by atoms with Crippen LogP contribution in [0.4, 0.5) is 16.3 Å². The Bertz CT molecular complexity index is 1830. The number of nitrogens with one attached hydrogen (secondary N) is 3. The summed E-state index contributed by atoms with van der Waals surface area (Å²) in [7, 11) is 0. The van der Waals surface area contributed by atoms with E-state index in [1.54, 1.807) is 10.7 Å². The van der Waals surface area contributed by atoms with Crippen molar-refractivity contribution in [2.75, 3.05) is 36.9 Å². The molecule has 0 amide bonds. The average molecular weight is 595 g/mol. The molecule has 6 rings (SSSR count). The monoisotopic (exact) mass is 594 g/mol. The molecule has 0 radical (unpaired) electrons. The number of nitrogens with zero attached hydrogens (tertiary/aromatic N) is 5. The van der Waals surface area contributed by atoms with Gasteiger partial charge in [0, 0.05) is 55.3 Å². The summed E-state index contributed by atoms with van der Waals surface area (Å²) in [6.07, 6.45) is 3.59. The number of ether oxygens (including phenoxy) is 1. The van der Waals surface area contributed by atoms with Crippen molar-refractivity contribution in [2.45, 2.75) is 38.8 Å². The fraction of sp³-hybridized carbons (Fsp3) is 0.303. The summed E-state index contributed by atoms with van der Waals surface area (Å²) in [5, 5.41) is 16.6. The summed E-state index contributed by atoms with van der Waals surface area (Å²) in [6.45, 7) is 10.7. The molecule has 1 atom stereocenters. The number of anilines is 2. The number of Topliss-reactive ketones (excluding diaryl/α,β-unsaturated/α-hetero) is 1. The van der Waals surface area contributed by atoms with Crippen LogP contribution in [-0.4, -0.2) is 62.7 Å². The molecule has 10 nitrogen and oxygen atoms in total. The molecular formula is C33H35FN8O2. The highest BCUT2D eigenvalue weighted by Crippen LogP contribution is 2.31. The third kappa shape index (κ3) is 6.29. The molecule has 0 aliphatic carbocycles. The predicted molar refractivity (Wildman–Crippen MR) is 169 cm³/mol. The molecule has 226 valence electrons. The summed E-state index contributed by atoms with van der Waals surface area (Å²) >= 11 is 0. The molecule has 11 heteroatoms. The number of hydrogen-bond acceptors (Lipinski definition) is 9. The summed E-state index contributed by atoms with van der Waals surface area (Å²) in [6, 6.07) is 15.6. The lowest BCUT2D eigenvalue weighted by atomic mass is 9.97. The average Bonchev–Trinajstić information content (AvgIpc) is 3.47. The van der Waals surface area contributed by atoms with Gasteiger partial charge in [-0.05, 0) is 28.5 Å². The first-order valence-corrected chi connectivity index (χ1v) is 14.8. The zero-order valence-electron chi connectivity index (χ0n) is 24.8. The van der Waals surface area contributed by atoms with Crippen molar-refractivity contribution < 1.29 is 13.9 Å². The van der Waals surface area contributed by atoms with E-state index in [9.17, 15) is 9.18 Å². The number of pyridine rings is 1. The zero-order valence-corrected chi connectivity index (χ0v) is 24.8. The van der Waals surface area contributed by atoms with E-state index in [0.717, 1.165) is 57.5 Å². The largest absolute Gasteiger partial charge is 0.374 e. The molecule has 4 heterocycles. The lowest BCUT2D eigenvalue weighted by molar-refractivity contribution is -0.116. The lowest BCUT2D eigenvalue weighted by Gasteiger charge is -2.23. The molecule has 1 aliphatic rings. The number of rotatable bonds is 11. The Labute approximate surface area is 254 Å². The van der Waals surface area contributed by atoms with Gasteiger partial charge in [0.25, 0.3) is 0 Å². The van der Waals surface area contributed by atoms with E-state index in [4.69, 9.17) is 19.7 Å². The number of allylic oxidation sites excluding steroid dienone is 1. The third-order valence-corrected chi connectivity index (χ3v) is 7.72. The first-order chi connectivity index (χ1) is 21.4. The Morgan fingerprint density at radius 2 is 2.05 bits per heavy atom. The van der Waals surface area contributed by atoms with Crippen LogP contribution in [0.5, 0.6) is 0 Å². The van der Waals surface area contributed by atoms with Gasteiger partial charge in [-0.3, -0.25) is 9.78 Å². The molecule has 44 heavy (non-hydrogen) atoms. The Kier molecular flexibility index (Phi) is 8.58. The van der Waals surface area contributed by atoms with Gasteiger partial charge in [-0.2, -0.15) is 19.6 Å². The van der Waals surface area contributed by atoms with E-state index in [0.29, 0.717) is 31.6 Å². The van der Waals surface area contributed by atoms with Crippen molar-refractivity contribution in [3.8, 4) is 11.3 Å². The molecule has 1 saturated heterocycles. The summed E-state index contributed by atoms with van der Waals surface area (Å²) in [4.78, 5) is 26.2. The van der Waals surface area contributed by atoms with Crippen molar-refractivity contribution >= 4 is 34.1 Å². The van der Waals surface area contributed by atoms with Gasteiger partial charge in [0.05, 0.1) is 24.6 Å². The lowest BCUT2D eigenvalue weighted by Crippen LogP contribution is -2.42. The highest BCUT2D eigenvalue weighted by molar-refractivity contribution is 5.98. The topological polar surface area (TPSA) is 118 Å². The van der Waals surface area contributed by atoms with Crippen LogP contribution in [0.15, 0.2) is 73.3 Å². The number of benzene rings is 2. The van der Waals surface area contributed by atoms with Gasteiger partial charge in [-0.25, -0.2) is 4.39 Å². The second-order valence-electron chi connectivity index (χ2n) is 11.2. The maximum atomic E-state index is 13.3. The van der Waals surface area contributed by atoms with Crippen LogP contribution in [-0.2, 0) is 22.5 Å². The fourth-order valence-corrected chi connectivity index (χ4v) is 5.36. The molecule has 0 spiro atoms. The number of ketones is 1. The van der Waals surface area contributed by atoms with Crippen LogP contribution < -0.4 is 16.0 Å². The molecule has 3 aromatic heterocycles. The molecular weight excluding hydrogens is 559 g/mol. The number of carbonyl (C=O) groups is 1. The normalized spacial score (nSPS) is 15.1. The van der Waals surface area contributed by atoms with Crippen molar-refractivity contribution in [3.63, 3.8) is 0 Å². The molecule has 1 unspecified atom stereocenters. The predicted octanol–water partition coefficient (Wildman–Crippen LogP) is 5.07. The van der Waals surface area contributed by atoms with Crippen LogP contribution in [0.1, 0.15) is 36.5 Å². The number of fused-ring (bicyclic) bond motifs is 2. The van der Waals surface area contributed by atoms with Gasteiger partial charge >= 0.3 is 0 Å². The quantitative estimate of drug-likeness (QED) is 0.180. The second-order valence-corrected chi connectivity index (χ2v) is 11.2. The number of hydrogen-bond donors (Lipinski definition) is 3. The highest BCUT2D eigenvalue weighted by atomic mass is 19.1. The van der Waals surface area contributed by atoms with E-state index in [1.165, 1.54) is 0 Å². The van der Waals surface area contributed by atoms with Crippen LogP contribution in [0, 0.1) is 0 Å². The fourth-order valence-electron chi connectivity index (χ4n) is 5.36. The minimum Gasteiger partial charge on any atom is -0.374 e. The van der Waals surface area contributed by atoms with Crippen LogP contribution in [0.3, 0.4) is 0 Å². The SMILES string of the molecule is C=C(F)C(=O)Cc1ccc2c(-c3ccccc3CNc3nc(NCC4CNCCO4)nc4c(C(C)C)cnn34)nccc2c1. The zero-order chi connectivity index (χ0) is 30.6. The van der Waals surface area contributed by atoms with Crippen LogP contribution >= 0.6 is 0 Å². The maximum absolute atomic E-state index is 13.3. The van der Waals surface area contributed by atoms with Gasteiger partial charge < -0.3 is 20.7 Å². The molecule has 0 saturated carbocycles. The van der Waals surface area contributed by atoms with Gasteiger partial charge in [-0.15, -0.1) is 0 Å². The molecule has 3 N–H and O–H groups in total. The highest BCUT2D eigenvalue weighted by Gasteiger charge is 2.18. The van der Waals surface area contributed by atoms with Gasteiger partial charge in [0.15, 0.2) is 17.3 Å². The third-order valence-electron chi connectivity index (χ3n) is 7.72. The molecule has 0 bridgehead atoms. The van der Waals surface area contributed by atoms with Gasteiger partial charge in [-0.1, -0.05) is 62.9 Å². The van der Waals surface area contributed by atoms with E-state index in [2.05, 4.69) is 47.5 Å². The maximum Gasteiger partial charge on any atom is 0.229 e. The number of morpholine rings is 1. The minimum absolute atomic E-state index is 0.0364. The number of aromatic nitrogens is 5. The van der Waals surface area contributed by atoms with E-state index in [-0.39, 0.29) is 18.4 Å². The van der Waals surface area contributed by atoms with E-state index >= 15 is 0 Å². The molecule has 1 aliphatic heterocycles. The molecule has 1 fully saturated rings. The Morgan fingerprint density at radius 1 is 1.18 bits per heavy atom. The standard InChI is InChI=1S/C33H35FN8O2/c1-20(2)28-19-39-42-31(28)40-32(37-18-25-17-35-12-13-44-25)41-33(42)38-16-24-6-4-5-7-26(24)30-27-9-8-22(15-29(43)21(3)34)14-23(27)10-11-36-30/h4-11,14,19-20,25,35H,3,12-13,15-18H2,1-2H3,(H2,37,38,40,41). The number of halogens is 1. The Morgan fingerprint density at radius 3 is 2.84 bits per heavy atom. The molecule has 5 aromatic rings. The first kappa shape index (κ1) is 29.3. The van der Waals surface area contributed by atoms with E-state index in [1.807, 2.05) is 48.7 Å². The first-order valence-electron chi connectivity index (χ1n) is 14.8. The Balaban J connectivity index is 1.29. The summed E-state index contributed by atoms with van der Waals surface area (Å²) < 4.78 is 20.9. The summed E-state index contributed by atoms with van der Waals surface area (Å²) in [5.41, 5.74) is 5.28. The Hall–Kier alpha value is -4.74. The van der Waals surface area contributed by atoms with Gasteiger partial charge in [0.1, 0.15) is 0 Å². The molecule has 2 aromatic carbocycles. The second kappa shape index (κ2) is 12.9. The minimum atomic E-state index is -0.933. The van der Waals surface area contributed by atoms with Crippen molar-refractivity contribution in [1.82, 2.24) is 29.9 Å². The van der Waals surface area contributed by atoms with Crippen molar-refractivity contribution in [1.29, 1.82) is 0 Å². The van der Waals surface area contributed by atoms with Crippen molar-refractivity contribution in [3.05, 3.63) is 90.0 Å². The van der Waals surface area contributed by atoms with Crippen molar-refractivity contribution in [2.24, 2.45) is 0 Å². The smallest absolute Gasteiger partial charge is 0.229 e. The summed E-state index contributed by atoms with van der Waals surface area (Å²) in [5.74, 6) is -0.245. The van der Waals surface area contributed by atoms with Crippen LogP contribution in [0.25, 0.3) is 27.7 Å². The van der Waals surface area contributed by atoms with Gasteiger partial charge in [0.2, 0.25) is 11.9 Å².